The number of hydrogen-bond donors (Lipinski definition) is 5. The summed E-state index contributed by atoms with van der Waals surface area (Å²) < 4.78 is -0.981. The number of carboxylic acids is 1. The van der Waals surface area contributed by atoms with Crippen molar-refractivity contribution in [3.05, 3.63) is 23.8 Å². The van der Waals surface area contributed by atoms with Crippen LogP contribution in [0, 0.1) is 0 Å². The fraction of sp³-hybridized carbons (Fsp3) is 0.389. The average Bonchev–Trinajstić information content (AvgIpc) is 2.91. The van der Waals surface area contributed by atoms with Gasteiger partial charge in [-0.3, -0.25) is 14.4 Å². The Morgan fingerprint density at radius 1 is 1.33 bits per heavy atom. The van der Waals surface area contributed by atoms with Crippen LogP contribution in [0.2, 0.25) is 0 Å². The first-order chi connectivity index (χ1) is 14.1. The molecule has 2 aliphatic rings. The van der Waals surface area contributed by atoms with Gasteiger partial charge in [-0.2, -0.15) is 5.10 Å². The van der Waals surface area contributed by atoms with Crippen LogP contribution in [0.5, 0.6) is 11.5 Å². The maximum absolute atomic E-state index is 12.0. The Kier molecular flexibility index (Phi) is 5.87. The minimum atomic E-state index is -1.14. The van der Waals surface area contributed by atoms with Crippen molar-refractivity contribution in [2.75, 3.05) is 6.54 Å². The number of β-lactam (4-membered cyclic amide) rings is 1. The highest BCUT2D eigenvalue weighted by atomic mass is 32.2. The number of phenols is 2. The van der Waals surface area contributed by atoms with E-state index in [1.807, 2.05) is 0 Å². The lowest BCUT2D eigenvalue weighted by molar-refractivity contribution is -0.156. The molecule has 3 rings (SSSR count). The zero-order chi connectivity index (χ0) is 22.1. The molecule has 1 aromatic carbocycles. The van der Waals surface area contributed by atoms with Crippen LogP contribution in [0.4, 0.5) is 0 Å². The van der Waals surface area contributed by atoms with Crippen molar-refractivity contribution in [3.8, 4) is 11.5 Å². The lowest BCUT2D eigenvalue weighted by Gasteiger charge is -2.36. The van der Waals surface area contributed by atoms with Crippen molar-refractivity contribution in [3.63, 3.8) is 0 Å². The average molecular weight is 436 g/mol. The van der Waals surface area contributed by atoms with Crippen molar-refractivity contribution < 1.29 is 34.5 Å². The van der Waals surface area contributed by atoms with E-state index in [1.165, 1.54) is 35.0 Å². The predicted octanol–water partition coefficient (Wildman–Crippen LogP) is -0.163. The molecule has 0 spiro atoms. The largest absolute Gasteiger partial charge is 0.504 e. The van der Waals surface area contributed by atoms with Crippen molar-refractivity contribution in [1.82, 2.24) is 15.6 Å². The summed E-state index contributed by atoms with van der Waals surface area (Å²) in [6.45, 7) is 1.64. The number of nitrogens with one attached hydrogen (secondary N) is 2. The van der Waals surface area contributed by atoms with E-state index in [-0.39, 0.29) is 42.0 Å². The number of carbonyl (C=O) groups excluding carboxylic acids is 3. The van der Waals surface area contributed by atoms with E-state index in [1.54, 1.807) is 6.92 Å². The molecule has 2 heterocycles. The number of rotatable bonds is 7. The fourth-order valence-electron chi connectivity index (χ4n) is 3.25. The zero-order valence-corrected chi connectivity index (χ0v) is 16.7. The Labute approximate surface area is 175 Å². The normalized spacial score (nSPS) is 25.0. The summed E-state index contributed by atoms with van der Waals surface area (Å²) in [4.78, 5) is 48.5. The SMILES string of the molecule is C[C@@]1(/C=N/NC(=O)CCNC(=O)c2ccc(O)c(O)c2)S[C@@H]2CC(=O)N2[C@H]1C(=O)O. The van der Waals surface area contributed by atoms with Crippen molar-refractivity contribution in [2.45, 2.75) is 35.9 Å². The van der Waals surface area contributed by atoms with E-state index in [2.05, 4.69) is 15.8 Å². The highest BCUT2D eigenvalue weighted by molar-refractivity contribution is 8.02. The van der Waals surface area contributed by atoms with Gasteiger partial charge in [-0.1, -0.05) is 0 Å². The van der Waals surface area contributed by atoms with Gasteiger partial charge in [0.25, 0.3) is 5.91 Å². The molecule has 11 nitrogen and oxygen atoms in total. The number of amides is 3. The molecule has 12 heteroatoms. The summed E-state index contributed by atoms with van der Waals surface area (Å²) >= 11 is 1.30. The number of carbonyl (C=O) groups is 4. The molecule has 2 saturated heterocycles. The second kappa shape index (κ2) is 8.22. The van der Waals surface area contributed by atoms with Gasteiger partial charge in [-0.15, -0.1) is 11.8 Å². The smallest absolute Gasteiger partial charge is 0.328 e. The zero-order valence-electron chi connectivity index (χ0n) is 15.9. The molecule has 5 N–H and O–H groups in total. The summed E-state index contributed by atoms with van der Waals surface area (Å²) in [5.74, 6) is -3.18. The first kappa shape index (κ1) is 21.4. The first-order valence-electron chi connectivity index (χ1n) is 8.97. The fourth-order valence-corrected chi connectivity index (χ4v) is 4.88. The predicted molar refractivity (Wildman–Crippen MR) is 106 cm³/mol. The minimum absolute atomic E-state index is 0.00402. The van der Waals surface area contributed by atoms with Gasteiger partial charge in [0.05, 0.1) is 16.5 Å². The van der Waals surface area contributed by atoms with E-state index >= 15 is 0 Å². The molecular weight excluding hydrogens is 416 g/mol. The van der Waals surface area contributed by atoms with Gasteiger partial charge in [-0.05, 0) is 25.1 Å². The second-order valence-corrected chi connectivity index (χ2v) is 8.66. The number of carboxylic acid groups (broad SMARTS) is 1. The molecule has 0 aliphatic carbocycles. The lowest BCUT2D eigenvalue weighted by atomic mass is 9.97. The van der Waals surface area contributed by atoms with Crippen LogP contribution in [0.15, 0.2) is 23.3 Å². The Bertz CT molecular complexity index is 937. The van der Waals surface area contributed by atoms with Crippen LogP contribution in [0.3, 0.4) is 0 Å². The highest BCUT2D eigenvalue weighted by Gasteiger charge is 2.60. The van der Waals surface area contributed by atoms with Crippen molar-refractivity contribution in [2.24, 2.45) is 5.10 Å². The molecule has 160 valence electrons. The summed E-state index contributed by atoms with van der Waals surface area (Å²) in [5.41, 5.74) is 2.40. The molecule has 30 heavy (non-hydrogen) atoms. The maximum Gasteiger partial charge on any atom is 0.328 e. The minimum Gasteiger partial charge on any atom is -0.504 e. The van der Waals surface area contributed by atoms with Crippen LogP contribution >= 0.6 is 11.8 Å². The van der Waals surface area contributed by atoms with Gasteiger partial charge in [0.15, 0.2) is 11.5 Å². The Hall–Kier alpha value is -3.28. The lowest BCUT2D eigenvalue weighted by Crippen LogP contribution is -2.57. The molecular formula is C18H20N4O7S. The number of aliphatic carboxylic acids is 1. The molecule has 0 saturated carbocycles. The van der Waals surface area contributed by atoms with Crippen LogP contribution in [-0.4, -0.2) is 72.8 Å². The number of hydrazone groups is 1. The topological polar surface area (TPSA) is 169 Å². The number of benzene rings is 1. The third-order valence-electron chi connectivity index (χ3n) is 4.78. The number of thioether (sulfide) groups is 1. The molecule has 3 atom stereocenters. The number of aromatic hydroxyl groups is 2. The number of nitrogens with zero attached hydrogens (tertiary/aromatic N) is 2. The maximum atomic E-state index is 12.0. The van der Waals surface area contributed by atoms with Gasteiger partial charge in [0, 0.05) is 24.7 Å². The van der Waals surface area contributed by atoms with Crippen molar-refractivity contribution in [1.29, 1.82) is 0 Å². The van der Waals surface area contributed by atoms with Crippen LogP contribution in [0.25, 0.3) is 0 Å². The van der Waals surface area contributed by atoms with Crippen LogP contribution in [-0.2, 0) is 14.4 Å². The third kappa shape index (κ3) is 4.17. The quantitative estimate of drug-likeness (QED) is 0.170. The summed E-state index contributed by atoms with van der Waals surface area (Å²) in [7, 11) is 0. The standard InChI is InChI=1S/C18H20N4O7S/c1-18(15(17(28)29)22-13(26)7-14(22)30-18)8-20-21-12(25)4-5-19-16(27)9-2-3-10(23)11(24)6-9/h2-3,6,8,14-15,23-24H,4-5,7H2,1H3,(H,19,27)(H,21,25)(H,28,29)/b20-8+/t14-,15+,18+/m1/s1. The molecule has 1 aromatic rings. The van der Waals surface area contributed by atoms with E-state index in [9.17, 15) is 34.5 Å². The Balaban J connectivity index is 1.48. The van der Waals surface area contributed by atoms with Gasteiger partial charge >= 0.3 is 5.97 Å². The molecule has 0 bridgehead atoms. The van der Waals surface area contributed by atoms with E-state index in [4.69, 9.17) is 0 Å². The van der Waals surface area contributed by atoms with Gasteiger partial charge < -0.3 is 25.5 Å². The second-order valence-electron chi connectivity index (χ2n) is 7.00. The Morgan fingerprint density at radius 2 is 2.07 bits per heavy atom. The number of fused-ring (bicyclic) bond motifs is 1. The van der Waals surface area contributed by atoms with E-state index in [0.717, 1.165) is 6.07 Å². The first-order valence-corrected chi connectivity index (χ1v) is 9.85. The van der Waals surface area contributed by atoms with Gasteiger partial charge in [0.1, 0.15) is 6.04 Å². The van der Waals surface area contributed by atoms with Crippen LogP contribution in [0.1, 0.15) is 30.1 Å². The summed E-state index contributed by atoms with van der Waals surface area (Å²) in [6.07, 6.45) is 1.51. The molecule has 2 aliphatic heterocycles. The number of hydrogen-bond acceptors (Lipinski definition) is 8. The van der Waals surface area contributed by atoms with E-state index < -0.39 is 34.3 Å². The highest BCUT2D eigenvalue weighted by Crippen LogP contribution is 2.50. The molecule has 0 unspecified atom stereocenters. The summed E-state index contributed by atoms with van der Waals surface area (Å²) in [5, 5.41) is 34.2. The number of phenolic OH excluding ortho intramolecular Hbond substituents is 2. The molecule has 0 aromatic heterocycles. The van der Waals surface area contributed by atoms with E-state index in [0.29, 0.717) is 0 Å². The monoisotopic (exact) mass is 436 g/mol. The summed E-state index contributed by atoms with van der Waals surface area (Å²) in [6, 6.07) is 2.53. The van der Waals surface area contributed by atoms with Gasteiger partial charge in [-0.25, -0.2) is 10.2 Å². The third-order valence-corrected chi connectivity index (χ3v) is 6.28. The molecule has 0 radical (unpaired) electrons. The Morgan fingerprint density at radius 3 is 2.70 bits per heavy atom. The van der Waals surface area contributed by atoms with Gasteiger partial charge in [0.2, 0.25) is 11.8 Å². The van der Waals surface area contributed by atoms with Crippen molar-refractivity contribution >= 4 is 41.7 Å². The molecule has 3 amide bonds. The molecule has 2 fully saturated rings. The van der Waals surface area contributed by atoms with Crippen LogP contribution < -0.4 is 10.7 Å².